The van der Waals surface area contributed by atoms with Crippen molar-refractivity contribution in [3.8, 4) is 5.69 Å². The number of hydrogen-bond donors (Lipinski definition) is 2. The molecule has 0 fully saturated rings. The molecule has 0 aliphatic carbocycles. The summed E-state index contributed by atoms with van der Waals surface area (Å²) in [6.07, 6.45) is 4.57. The molecule has 150 valence electrons. The van der Waals surface area contributed by atoms with Crippen LogP contribution in [0.4, 0.5) is 0 Å². The van der Waals surface area contributed by atoms with E-state index >= 15 is 0 Å². The van der Waals surface area contributed by atoms with Gasteiger partial charge in [-0.3, -0.25) is 0 Å². The van der Waals surface area contributed by atoms with E-state index in [0.29, 0.717) is 6.54 Å². The van der Waals surface area contributed by atoms with Crippen molar-refractivity contribution in [3.05, 3.63) is 65.8 Å². The van der Waals surface area contributed by atoms with E-state index in [1.54, 1.807) is 6.20 Å². The maximum absolute atomic E-state index is 5.31. The number of nitrogens with one attached hydrogen (secondary N) is 2. The van der Waals surface area contributed by atoms with Gasteiger partial charge in [0.25, 0.3) is 0 Å². The first-order valence-corrected chi connectivity index (χ1v) is 9.29. The second-order valence-corrected chi connectivity index (χ2v) is 6.24. The number of hydrogen-bond acceptors (Lipinski definition) is 4. The lowest BCUT2D eigenvalue weighted by molar-refractivity contribution is 0.379. The first-order valence-electron chi connectivity index (χ1n) is 9.29. The van der Waals surface area contributed by atoms with Gasteiger partial charge in [0.15, 0.2) is 11.7 Å². The molecule has 3 aromatic rings. The highest BCUT2D eigenvalue weighted by Crippen LogP contribution is 2.16. The highest BCUT2D eigenvalue weighted by Gasteiger charge is 2.10. The van der Waals surface area contributed by atoms with Crippen LogP contribution in [-0.4, -0.2) is 27.4 Å². The Labute approximate surface area is 182 Å². The molecule has 0 aliphatic rings. The number of rotatable bonds is 7. The molecule has 0 amide bonds. The van der Waals surface area contributed by atoms with Crippen LogP contribution in [0, 0.1) is 0 Å². The van der Waals surface area contributed by atoms with Crippen molar-refractivity contribution >= 4 is 29.9 Å². The molecule has 1 atom stereocenters. The van der Waals surface area contributed by atoms with Crippen molar-refractivity contribution < 1.29 is 4.52 Å². The normalized spacial score (nSPS) is 12.3. The number of aromatic nitrogens is 3. The van der Waals surface area contributed by atoms with Gasteiger partial charge in [0.05, 0.1) is 17.4 Å². The third-order valence-electron chi connectivity index (χ3n) is 4.20. The highest BCUT2D eigenvalue weighted by atomic mass is 127. The van der Waals surface area contributed by atoms with Crippen LogP contribution >= 0.6 is 24.0 Å². The Morgan fingerprint density at radius 3 is 2.79 bits per heavy atom. The summed E-state index contributed by atoms with van der Waals surface area (Å²) in [4.78, 5) is 4.61. The van der Waals surface area contributed by atoms with Crippen molar-refractivity contribution in [1.29, 1.82) is 0 Å². The topological polar surface area (TPSA) is 80.3 Å². The summed E-state index contributed by atoms with van der Waals surface area (Å²) in [5.74, 6) is 1.50. The molecule has 0 spiro atoms. The van der Waals surface area contributed by atoms with E-state index in [2.05, 4.69) is 51.9 Å². The lowest BCUT2D eigenvalue weighted by Crippen LogP contribution is -2.38. The van der Waals surface area contributed by atoms with Crippen molar-refractivity contribution in [2.75, 3.05) is 6.54 Å². The van der Waals surface area contributed by atoms with E-state index in [1.165, 1.54) is 0 Å². The third-order valence-corrected chi connectivity index (χ3v) is 4.20. The lowest BCUT2D eigenvalue weighted by atomic mass is 10.1. The Morgan fingerprint density at radius 2 is 2.11 bits per heavy atom. The number of benzene rings is 1. The van der Waals surface area contributed by atoms with Gasteiger partial charge < -0.3 is 15.2 Å². The summed E-state index contributed by atoms with van der Waals surface area (Å²) in [6, 6.07) is 12.2. The quantitative estimate of drug-likeness (QED) is 0.296. The number of nitrogens with zero attached hydrogens (tertiary/aromatic N) is 4. The summed E-state index contributed by atoms with van der Waals surface area (Å²) in [5.41, 5.74) is 3.13. The summed E-state index contributed by atoms with van der Waals surface area (Å²) < 4.78 is 7.16. The molecule has 2 heterocycles. The molecule has 28 heavy (non-hydrogen) atoms. The Hall–Kier alpha value is -2.36. The van der Waals surface area contributed by atoms with Gasteiger partial charge in [-0.15, -0.1) is 24.0 Å². The van der Waals surface area contributed by atoms with Crippen LogP contribution in [0.2, 0.25) is 0 Å². The van der Waals surface area contributed by atoms with E-state index in [4.69, 9.17) is 4.52 Å². The Bertz CT molecular complexity index is 874. The molecule has 7 nitrogen and oxygen atoms in total. The van der Waals surface area contributed by atoms with E-state index in [1.807, 2.05) is 42.1 Å². The van der Waals surface area contributed by atoms with Crippen LogP contribution in [0.5, 0.6) is 0 Å². The summed E-state index contributed by atoms with van der Waals surface area (Å²) in [7, 11) is 0. The van der Waals surface area contributed by atoms with Gasteiger partial charge in [-0.2, -0.15) is 5.10 Å². The predicted molar refractivity (Wildman–Crippen MR) is 121 cm³/mol. The van der Waals surface area contributed by atoms with Crippen molar-refractivity contribution in [1.82, 2.24) is 25.6 Å². The number of guanidine groups is 1. The van der Waals surface area contributed by atoms with Gasteiger partial charge >= 0.3 is 0 Å². The predicted octanol–water partition coefficient (Wildman–Crippen LogP) is 3.86. The van der Waals surface area contributed by atoms with Crippen molar-refractivity contribution in [2.24, 2.45) is 4.99 Å². The van der Waals surface area contributed by atoms with Crippen molar-refractivity contribution in [2.45, 2.75) is 39.8 Å². The maximum atomic E-state index is 5.31. The lowest BCUT2D eigenvalue weighted by Gasteiger charge is -2.18. The summed E-state index contributed by atoms with van der Waals surface area (Å²) in [6.45, 7) is 7.43. The van der Waals surface area contributed by atoms with Crippen LogP contribution in [0.25, 0.3) is 5.69 Å². The van der Waals surface area contributed by atoms with Crippen LogP contribution < -0.4 is 10.6 Å². The minimum absolute atomic E-state index is 0. The monoisotopic (exact) mass is 494 g/mol. The molecule has 8 heteroatoms. The second kappa shape index (κ2) is 10.8. The molecule has 0 aliphatic heterocycles. The number of halogens is 1. The molecular weight excluding hydrogens is 467 g/mol. The molecule has 0 bridgehead atoms. The van der Waals surface area contributed by atoms with Gasteiger partial charge in [0.1, 0.15) is 6.54 Å². The third kappa shape index (κ3) is 5.82. The molecule has 1 aromatic carbocycles. The zero-order valence-electron chi connectivity index (χ0n) is 16.4. The van der Waals surface area contributed by atoms with Crippen molar-refractivity contribution in [3.63, 3.8) is 0 Å². The van der Waals surface area contributed by atoms with Gasteiger partial charge in [-0.25, -0.2) is 9.67 Å². The van der Waals surface area contributed by atoms with Crippen LogP contribution in [-0.2, 0) is 13.0 Å². The molecule has 2 N–H and O–H groups in total. The fourth-order valence-corrected chi connectivity index (χ4v) is 2.72. The minimum Gasteiger partial charge on any atom is -0.359 e. The van der Waals surface area contributed by atoms with E-state index in [-0.39, 0.29) is 30.0 Å². The standard InChI is InChI=1S/C20H26N6O.HI/c1-4-17-13-19(27-25-17)14-22-20(21-5-2)24-15(3)16-8-6-9-18(12-16)26-11-7-10-23-26;/h6-13,15H,4-5,14H2,1-3H3,(H2,21,22,24);1H. The van der Waals surface area contributed by atoms with Gasteiger partial charge in [-0.05, 0) is 44.0 Å². The van der Waals surface area contributed by atoms with E-state index in [0.717, 1.165) is 41.6 Å². The molecule has 1 unspecified atom stereocenters. The fourth-order valence-electron chi connectivity index (χ4n) is 2.72. The minimum atomic E-state index is 0. The maximum Gasteiger partial charge on any atom is 0.192 e. The first-order chi connectivity index (χ1) is 13.2. The average Bonchev–Trinajstić information content (AvgIpc) is 3.38. The van der Waals surface area contributed by atoms with Gasteiger partial charge in [0.2, 0.25) is 0 Å². The molecule has 0 saturated carbocycles. The SMILES string of the molecule is CCNC(=NCc1cc(CC)no1)NC(C)c1cccc(-n2cccn2)c1.I. The zero-order valence-corrected chi connectivity index (χ0v) is 18.8. The van der Waals surface area contributed by atoms with E-state index < -0.39 is 0 Å². The van der Waals surface area contributed by atoms with Crippen LogP contribution in [0.3, 0.4) is 0 Å². The molecule has 0 saturated heterocycles. The highest BCUT2D eigenvalue weighted by molar-refractivity contribution is 14.0. The summed E-state index contributed by atoms with van der Waals surface area (Å²) in [5, 5.41) is 15.0. The Kier molecular flexibility index (Phi) is 8.49. The summed E-state index contributed by atoms with van der Waals surface area (Å²) >= 11 is 0. The largest absolute Gasteiger partial charge is 0.359 e. The smallest absolute Gasteiger partial charge is 0.192 e. The number of aliphatic imine (C=N–C) groups is 1. The van der Waals surface area contributed by atoms with Gasteiger partial charge in [0, 0.05) is 25.0 Å². The van der Waals surface area contributed by atoms with Crippen LogP contribution in [0.1, 0.15) is 43.8 Å². The second-order valence-electron chi connectivity index (χ2n) is 6.24. The molecule has 3 rings (SSSR count). The van der Waals surface area contributed by atoms with E-state index in [9.17, 15) is 0 Å². The Morgan fingerprint density at radius 1 is 1.25 bits per heavy atom. The van der Waals surface area contributed by atoms with Gasteiger partial charge in [-0.1, -0.05) is 24.2 Å². The zero-order chi connectivity index (χ0) is 19.1. The van der Waals surface area contributed by atoms with Crippen LogP contribution in [0.15, 0.2) is 58.3 Å². The fraction of sp³-hybridized carbons (Fsp3) is 0.350. The molecule has 2 aromatic heterocycles. The number of aryl methyl sites for hydroxylation is 1. The Balaban J connectivity index is 0.00000280. The average molecular weight is 494 g/mol. The molecule has 0 radical (unpaired) electrons. The molecular formula is C20H27IN6O. The first kappa shape index (κ1) is 21.9.